The van der Waals surface area contributed by atoms with E-state index in [4.69, 9.17) is 4.74 Å². The van der Waals surface area contributed by atoms with Crippen LogP contribution in [0.5, 0.6) is 0 Å². The van der Waals surface area contributed by atoms with Gasteiger partial charge in [0.2, 0.25) is 0 Å². The number of carboxylic acid groups (broad SMARTS) is 1. The van der Waals surface area contributed by atoms with Gasteiger partial charge in [-0.1, -0.05) is 12.1 Å². The number of Topliss-reactive ketones (excluding diaryl/α,β-unsaturated/α-hetero) is 1. The highest BCUT2D eigenvalue weighted by molar-refractivity contribution is 7.92. The molecule has 1 aromatic heterocycles. The summed E-state index contributed by atoms with van der Waals surface area (Å²) < 4.78 is 32.8. The third-order valence-corrected chi connectivity index (χ3v) is 6.66. The van der Waals surface area contributed by atoms with E-state index < -0.39 is 21.9 Å². The Bertz CT molecular complexity index is 1160. The van der Waals surface area contributed by atoms with Gasteiger partial charge in [-0.2, -0.15) is 0 Å². The number of ether oxygens (including phenoxy) is 1. The molecule has 0 spiro atoms. The second-order valence-electron chi connectivity index (χ2n) is 7.62. The van der Waals surface area contributed by atoms with E-state index in [1.54, 1.807) is 11.8 Å². The van der Waals surface area contributed by atoms with Crippen LogP contribution in [-0.2, 0) is 19.6 Å². The third-order valence-electron chi connectivity index (χ3n) is 5.26. The van der Waals surface area contributed by atoms with Crippen molar-refractivity contribution in [1.82, 2.24) is 4.98 Å². The zero-order valence-corrected chi connectivity index (χ0v) is 19.1. The van der Waals surface area contributed by atoms with Crippen molar-refractivity contribution in [2.75, 3.05) is 29.3 Å². The molecule has 11 heteroatoms. The molecule has 2 heterocycles. The Kier molecular flexibility index (Phi) is 7.32. The van der Waals surface area contributed by atoms with Gasteiger partial charge < -0.3 is 14.7 Å². The number of anilines is 2. The quantitative estimate of drug-likeness (QED) is 0.435. The highest BCUT2D eigenvalue weighted by Crippen LogP contribution is 2.28. The average molecular weight is 476 g/mol. The molecule has 1 atom stereocenters. The third kappa shape index (κ3) is 5.67. The number of carboxylic acids is 1. The summed E-state index contributed by atoms with van der Waals surface area (Å²) in [5.41, 5.74) is 0.160. The Balaban J connectivity index is 1.84. The number of sulfonamides is 1. The van der Waals surface area contributed by atoms with Crippen molar-refractivity contribution in [1.29, 1.82) is 0 Å². The van der Waals surface area contributed by atoms with Crippen molar-refractivity contribution >= 4 is 39.3 Å². The summed E-state index contributed by atoms with van der Waals surface area (Å²) >= 11 is 0. The highest BCUT2D eigenvalue weighted by atomic mass is 32.2. The number of aromatic carboxylic acids is 1. The van der Waals surface area contributed by atoms with Crippen molar-refractivity contribution in [3.63, 3.8) is 0 Å². The maximum Gasteiger partial charge on any atom is 0.339 e. The molecule has 1 aliphatic heterocycles. The molecular weight excluding hydrogens is 450 g/mol. The van der Waals surface area contributed by atoms with Gasteiger partial charge in [0.05, 0.1) is 29.3 Å². The number of carbonyl (C=O) groups excluding carboxylic acids is 2. The number of hydrogen-bond acceptors (Lipinski definition) is 8. The molecule has 176 valence electrons. The van der Waals surface area contributed by atoms with E-state index >= 15 is 0 Å². The minimum absolute atomic E-state index is 0.0225. The first-order valence-corrected chi connectivity index (χ1v) is 11.9. The van der Waals surface area contributed by atoms with Crippen LogP contribution in [0.15, 0.2) is 41.4 Å². The van der Waals surface area contributed by atoms with Crippen molar-refractivity contribution in [3.8, 4) is 0 Å². The van der Waals surface area contributed by atoms with Crippen LogP contribution in [0.3, 0.4) is 0 Å². The number of carbonyl (C=O) groups is 3. The minimum atomic E-state index is -4.03. The molecule has 2 N–H and O–H groups in total. The number of hydrogen-bond donors (Lipinski definition) is 2. The molecule has 2 aromatic rings. The molecule has 0 amide bonds. The summed E-state index contributed by atoms with van der Waals surface area (Å²) in [6.07, 6.45) is 2.53. The first-order valence-electron chi connectivity index (χ1n) is 10.4. The van der Waals surface area contributed by atoms with E-state index in [-0.39, 0.29) is 46.9 Å². The molecular formula is C22H25N3O7S. The van der Waals surface area contributed by atoms with Gasteiger partial charge in [0.25, 0.3) is 10.0 Å². The van der Waals surface area contributed by atoms with Gasteiger partial charge in [-0.05, 0) is 44.9 Å². The van der Waals surface area contributed by atoms with E-state index in [0.717, 1.165) is 0 Å². The van der Waals surface area contributed by atoms with Crippen LogP contribution in [0.2, 0.25) is 0 Å². The van der Waals surface area contributed by atoms with Crippen molar-refractivity contribution in [3.05, 3.63) is 47.7 Å². The van der Waals surface area contributed by atoms with Gasteiger partial charge in [0, 0.05) is 18.7 Å². The number of benzene rings is 1. The standard InChI is InChI=1S/C22H25N3O7S/c1-3-32-22(29)16-5-4-10-25(13-16)20-19(21(27)28)11-17(12-23-20)24-33(30,31)18-8-6-15(7-9-18)14(2)26/h6-9,11-12,16,24H,3-5,10,13H2,1-2H3,(H,27,28)/t16-/m0/s1. The van der Waals surface area contributed by atoms with E-state index in [1.165, 1.54) is 43.5 Å². The van der Waals surface area contributed by atoms with E-state index in [2.05, 4.69) is 9.71 Å². The fraction of sp³-hybridized carbons (Fsp3) is 0.364. The topological polar surface area (TPSA) is 143 Å². The molecule has 0 unspecified atom stereocenters. The fourth-order valence-electron chi connectivity index (χ4n) is 3.63. The molecule has 3 rings (SSSR count). The maximum atomic E-state index is 12.7. The van der Waals surface area contributed by atoms with Gasteiger partial charge in [-0.3, -0.25) is 14.3 Å². The highest BCUT2D eigenvalue weighted by Gasteiger charge is 2.30. The summed E-state index contributed by atoms with van der Waals surface area (Å²) in [6.45, 7) is 4.14. The van der Waals surface area contributed by atoms with E-state index in [9.17, 15) is 27.9 Å². The summed E-state index contributed by atoms with van der Waals surface area (Å²) in [4.78, 5) is 41.2. The van der Waals surface area contributed by atoms with Gasteiger partial charge in [-0.25, -0.2) is 18.2 Å². The Morgan fingerprint density at radius 3 is 2.55 bits per heavy atom. The van der Waals surface area contributed by atoms with Crippen LogP contribution in [0, 0.1) is 5.92 Å². The van der Waals surface area contributed by atoms with Crippen LogP contribution < -0.4 is 9.62 Å². The monoisotopic (exact) mass is 475 g/mol. The van der Waals surface area contributed by atoms with Crippen LogP contribution in [-0.4, -0.2) is 55.9 Å². The van der Waals surface area contributed by atoms with Gasteiger partial charge in [-0.15, -0.1) is 0 Å². The van der Waals surface area contributed by atoms with Crippen LogP contribution in [0.4, 0.5) is 11.5 Å². The lowest BCUT2D eigenvalue weighted by atomic mass is 9.98. The zero-order chi connectivity index (χ0) is 24.2. The molecule has 0 bridgehead atoms. The number of piperidine rings is 1. The number of rotatable bonds is 8. The summed E-state index contributed by atoms with van der Waals surface area (Å²) in [5, 5.41) is 9.71. The fourth-order valence-corrected chi connectivity index (χ4v) is 4.66. The number of pyridine rings is 1. The number of nitrogens with one attached hydrogen (secondary N) is 1. The molecule has 33 heavy (non-hydrogen) atoms. The molecule has 1 fully saturated rings. The van der Waals surface area contributed by atoms with Crippen molar-refractivity contribution in [2.24, 2.45) is 5.92 Å². The molecule has 0 saturated carbocycles. The molecule has 0 aliphatic carbocycles. The second kappa shape index (κ2) is 9.99. The van der Waals surface area contributed by atoms with Gasteiger partial charge >= 0.3 is 11.9 Å². The lowest BCUT2D eigenvalue weighted by Gasteiger charge is -2.33. The van der Waals surface area contributed by atoms with Crippen LogP contribution in [0.1, 0.15) is 47.4 Å². The summed E-state index contributed by atoms with van der Waals surface area (Å²) in [7, 11) is -4.03. The van der Waals surface area contributed by atoms with Crippen LogP contribution >= 0.6 is 0 Å². The lowest BCUT2D eigenvalue weighted by Crippen LogP contribution is -2.40. The smallest absolute Gasteiger partial charge is 0.339 e. The molecule has 10 nitrogen and oxygen atoms in total. The predicted octanol–water partition coefficient (Wildman–Crippen LogP) is 2.56. The first kappa shape index (κ1) is 24.2. The Hall–Kier alpha value is -3.47. The molecule has 1 saturated heterocycles. The number of nitrogens with zero attached hydrogens (tertiary/aromatic N) is 2. The summed E-state index contributed by atoms with van der Waals surface area (Å²) in [5.74, 6) is -2.04. The van der Waals surface area contributed by atoms with Crippen LogP contribution in [0.25, 0.3) is 0 Å². The Labute approximate surface area is 191 Å². The predicted molar refractivity (Wildman–Crippen MR) is 120 cm³/mol. The van der Waals surface area contributed by atoms with Gasteiger partial charge in [0.15, 0.2) is 5.78 Å². The summed E-state index contributed by atoms with van der Waals surface area (Å²) in [6, 6.07) is 6.58. The number of ketones is 1. The van der Waals surface area contributed by atoms with Gasteiger partial charge in [0.1, 0.15) is 11.4 Å². The zero-order valence-electron chi connectivity index (χ0n) is 18.3. The molecule has 0 radical (unpaired) electrons. The second-order valence-corrected chi connectivity index (χ2v) is 9.31. The number of esters is 1. The van der Waals surface area contributed by atoms with Crippen molar-refractivity contribution in [2.45, 2.75) is 31.6 Å². The maximum absolute atomic E-state index is 12.7. The largest absolute Gasteiger partial charge is 0.478 e. The number of aromatic nitrogens is 1. The Morgan fingerprint density at radius 2 is 1.94 bits per heavy atom. The van der Waals surface area contributed by atoms with Crippen molar-refractivity contribution < 1.29 is 32.6 Å². The van der Waals surface area contributed by atoms with E-state index in [0.29, 0.717) is 24.9 Å². The molecule has 1 aromatic carbocycles. The lowest BCUT2D eigenvalue weighted by molar-refractivity contribution is -0.148. The molecule has 1 aliphatic rings. The first-order chi connectivity index (χ1) is 15.6. The SMILES string of the molecule is CCOC(=O)[C@H]1CCCN(c2ncc(NS(=O)(=O)c3ccc(C(C)=O)cc3)cc2C(=O)O)C1. The normalized spacial score (nSPS) is 16.2. The van der Waals surface area contributed by atoms with E-state index in [1.807, 2.05) is 0 Å². The average Bonchev–Trinajstić information content (AvgIpc) is 2.79. The minimum Gasteiger partial charge on any atom is -0.478 e. The Morgan fingerprint density at radius 1 is 1.24 bits per heavy atom.